The van der Waals surface area contributed by atoms with Crippen molar-refractivity contribution in [3.05, 3.63) is 23.4 Å². The smallest absolute Gasteiger partial charge is 0.178 e. The van der Waals surface area contributed by atoms with Gasteiger partial charge in [0, 0.05) is 11.8 Å². The fourth-order valence-electron chi connectivity index (χ4n) is 6.54. The van der Waals surface area contributed by atoms with E-state index in [0.717, 1.165) is 36.8 Å². The van der Waals surface area contributed by atoms with Gasteiger partial charge in [-0.3, -0.25) is 9.59 Å². The van der Waals surface area contributed by atoms with Crippen molar-refractivity contribution >= 4 is 11.6 Å². The van der Waals surface area contributed by atoms with Gasteiger partial charge < -0.3 is 5.73 Å². The van der Waals surface area contributed by atoms with Crippen LogP contribution in [0.25, 0.3) is 0 Å². The summed E-state index contributed by atoms with van der Waals surface area (Å²) in [6.45, 7) is 8.39. The van der Waals surface area contributed by atoms with Crippen LogP contribution in [-0.2, 0) is 9.59 Å². The monoisotopic (exact) mass is 331 g/mol. The molecule has 24 heavy (non-hydrogen) atoms. The van der Waals surface area contributed by atoms with E-state index in [-0.39, 0.29) is 28.8 Å². The van der Waals surface area contributed by atoms with Gasteiger partial charge in [0.2, 0.25) is 0 Å². The number of hydrogen-bond acceptors (Lipinski definition) is 3. The van der Waals surface area contributed by atoms with Crippen LogP contribution in [0.2, 0.25) is 0 Å². The molecule has 0 aromatic rings. The largest absolute Gasteiger partial charge is 0.396 e. The molecule has 0 heterocycles. The minimum Gasteiger partial charge on any atom is -0.396 e. The molecule has 4 aliphatic carbocycles. The van der Waals surface area contributed by atoms with E-state index in [4.69, 9.17) is 5.73 Å². The van der Waals surface area contributed by atoms with Crippen LogP contribution in [0.4, 0.5) is 4.39 Å². The quantitative estimate of drug-likeness (QED) is 0.739. The van der Waals surface area contributed by atoms with Crippen molar-refractivity contribution in [2.24, 2.45) is 34.3 Å². The molecule has 0 aromatic carbocycles. The molecular weight excluding hydrogens is 305 g/mol. The Labute approximate surface area is 142 Å². The predicted molar refractivity (Wildman–Crippen MR) is 89.6 cm³/mol. The second-order valence-electron chi connectivity index (χ2n) is 8.84. The SMILES string of the molecule is C=C1C[C@@H]2[C@H](CC[C@]3(C)C(=O)[C@@H](F)C[C@@H]23)[C@@]2(C)CCC(=O)C(N)=C12. The van der Waals surface area contributed by atoms with Crippen molar-refractivity contribution in [2.75, 3.05) is 0 Å². The summed E-state index contributed by atoms with van der Waals surface area (Å²) in [5, 5.41) is 0. The van der Waals surface area contributed by atoms with Gasteiger partial charge >= 0.3 is 0 Å². The summed E-state index contributed by atoms with van der Waals surface area (Å²) >= 11 is 0. The highest BCUT2D eigenvalue weighted by Crippen LogP contribution is 2.65. The first-order chi connectivity index (χ1) is 11.2. The van der Waals surface area contributed by atoms with Gasteiger partial charge in [0.15, 0.2) is 17.7 Å². The van der Waals surface area contributed by atoms with Crippen LogP contribution in [0.1, 0.15) is 52.4 Å². The lowest BCUT2D eigenvalue weighted by Gasteiger charge is -2.57. The van der Waals surface area contributed by atoms with Gasteiger partial charge in [0.05, 0.1) is 5.70 Å². The topological polar surface area (TPSA) is 60.2 Å². The van der Waals surface area contributed by atoms with Gasteiger partial charge in [-0.25, -0.2) is 4.39 Å². The van der Waals surface area contributed by atoms with Crippen LogP contribution >= 0.6 is 0 Å². The number of alkyl halides is 1. The van der Waals surface area contributed by atoms with Crippen molar-refractivity contribution < 1.29 is 14.0 Å². The van der Waals surface area contributed by atoms with Crippen molar-refractivity contribution in [3.8, 4) is 0 Å². The number of Topliss-reactive ketones (excluding diaryl/α,β-unsaturated/α-hetero) is 2. The third-order valence-electron chi connectivity index (χ3n) is 7.80. The fraction of sp³-hybridized carbons (Fsp3) is 0.700. The molecule has 4 heteroatoms. The van der Waals surface area contributed by atoms with Crippen LogP contribution in [0.3, 0.4) is 0 Å². The van der Waals surface area contributed by atoms with Gasteiger partial charge in [-0.1, -0.05) is 20.4 Å². The number of ketones is 2. The summed E-state index contributed by atoms with van der Waals surface area (Å²) < 4.78 is 14.2. The molecule has 0 radical (unpaired) electrons. The summed E-state index contributed by atoms with van der Waals surface area (Å²) in [4.78, 5) is 24.5. The number of carbonyl (C=O) groups is 2. The zero-order valence-corrected chi connectivity index (χ0v) is 14.5. The van der Waals surface area contributed by atoms with Gasteiger partial charge in [0.1, 0.15) is 0 Å². The Morgan fingerprint density at radius 2 is 1.88 bits per heavy atom. The maximum absolute atomic E-state index is 14.2. The first-order valence-corrected chi connectivity index (χ1v) is 9.10. The number of halogens is 1. The summed E-state index contributed by atoms with van der Waals surface area (Å²) in [6, 6.07) is 0. The number of hydrogen-bond donors (Lipinski definition) is 1. The van der Waals surface area contributed by atoms with E-state index in [9.17, 15) is 14.0 Å². The van der Waals surface area contributed by atoms with E-state index in [0.29, 0.717) is 24.5 Å². The van der Waals surface area contributed by atoms with Gasteiger partial charge in [-0.05, 0) is 66.4 Å². The van der Waals surface area contributed by atoms with E-state index in [1.54, 1.807) is 0 Å². The van der Waals surface area contributed by atoms with Crippen LogP contribution in [-0.4, -0.2) is 17.7 Å². The van der Waals surface area contributed by atoms with Crippen molar-refractivity contribution in [1.29, 1.82) is 0 Å². The Morgan fingerprint density at radius 3 is 2.58 bits per heavy atom. The van der Waals surface area contributed by atoms with Gasteiger partial charge in [-0.2, -0.15) is 0 Å². The molecular formula is C20H26FNO2. The van der Waals surface area contributed by atoms with Crippen LogP contribution in [0.5, 0.6) is 0 Å². The first-order valence-electron chi connectivity index (χ1n) is 9.10. The Balaban J connectivity index is 1.79. The summed E-state index contributed by atoms with van der Waals surface area (Å²) in [5.41, 5.74) is 7.78. The Kier molecular flexibility index (Phi) is 3.21. The number of fused-ring (bicyclic) bond motifs is 5. The van der Waals surface area contributed by atoms with E-state index >= 15 is 0 Å². The van der Waals surface area contributed by atoms with E-state index < -0.39 is 11.6 Å². The van der Waals surface area contributed by atoms with Gasteiger partial charge in [0.25, 0.3) is 0 Å². The lowest BCUT2D eigenvalue weighted by Crippen LogP contribution is -2.52. The summed E-state index contributed by atoms with van der Waals surface area (Å²) in [6.07, 6.45) is 2.71. The van der Waals surface area contributed by atoms with E-state index in [2.05, 4.69) is 13.5 Å². The standard InChI is InChI=1S/C20H26FNO2/c1-10-8-11-12(19(2)7-5-15(23)17(22)16(10)19)4-6-20(3)13(11)9-14(21)18(20)24/h11-14H,1,4-9,22H2,2-3H3/t11-,12+,13+,14+,19-,20+/m1/s1. The summed E-state index contributed by atoms with van der Waals surface area (Å²) in [7, 11) is 0. The van der Waals surface area contributed by atoms with Crippen molar-refractivity contribution in [1.82, 2.24) is 0 Å². The highest BCUT2D eigenvalue weighted by molar-refractivity contribution is 5.97. The molecule has 3 fully saturated rings. The second kappa shape index (κ2) is 4.80. The fourth-order valence-corrected chi connectivity index (χ4v) is 6.54. The van der Waals surface area contributed by atoms with Gasteiger partial charge in [-0.15, -0.1) is 0 Å². The predicted octanol–water partition coefficient (Wildman–Crippen LogP) is 3.49. The highest BCUT2D eigenvalue weighted by atomic mass is 19.1. The highest BCUT2D eigenvalue weighted by Gasteiger charge is 2.62. The third-order valence-corrected chi connectivity index (χ3v) is 7.80. The normalized spacial score (nSPS) is 48.2. The zero-order valence-electron chi connectivity index (χ0n) is 14.5. The maximum Gasteiger partial charge on any atom is 0.178 e. The molecule has 0 amide bonds. The summed E-state index contributed by atoms with van der Waals surface area (Å²) in [5.74, 6) is 0.563. The molecule has 3 saturated carbocycles. The van der Waals surface area contributed by atoms with Crippen LogP contribution in [0, 0.1) is 28.6 Å². The Hall–Kier alpha value is -1.45. The third kappa shape index (κ3) is 1.77. The molecule has 3 nitrogen and oxygen atoms in total. The maximum atomic E-state index is 14.2. The average Bonchev–Trinajstić information content (AvgIpc) is 2.75. The average molecular weight is 331 g/mol. The molecule has 4 aliphatic rings. The number of rotatable bonds is 0. The van der Waals surface area contributed by atoms with E-state index in [1.165, 1.54) is 0 Å². The molecule has 130 valence electrons. The minimum atomic E-state index is -1.31. The molecule has 0 saturated heterocycles. The van der Waals surface area contributed by atoms with Crippen molar-refractivity contribution in [3.63, 3.8) is 0 Å². The molecule has 6 atom stereocenters. The van der Waals surface area contributed by atoms with Crippen molar-refractivity contribution in [2.45, 2.75) is 58.5 Å². The molecule has 2 N–H and O–H groups in total. The Bertz CT molecular complexity index is 696. The second-order valence-corrected chi connectivity index (χ2v) is 8.84. The molecule has 0 aliphatic heterocycles. The minimum absolute atomic E-state index is 0.0302. The molecule has 0 bridgehead atoms. The number of allylic oxidation sites excluding steroid dienone is 2. The van der Waals surface area contributed by atoms with Crippen LogP contribution < -0.4 is 5.73 Å². The lowest BCUT2D eigenvalue weighted by atomic mass is 9.46. The zero-order chi connectivity index (χ0) is 17.4. The Morgan fingerprint density at radius 1 is 1.17 bits per heavy atom. The van der Waals surface area contributed by atoms with Crippen LogP contribution in [0.15, 0.2) is 23.4 Å². The number of nitrogens with two attached hydrogens (primary N) is 1. The molecule has 0 unspecified atom stereocenters. The molecule has 0 spiro atoms. The number of carbonyl (C=O) groups excluding carboxylic acids is 2. The molecule has 4 rings (SSSR count). The lowest BCUT2D eigenvalue weighted by molar-refractivity contribution is -0.134. The molecule has 0 aromatic heterocycles. The first kappa shape index (κ1) is 16.0. The van der Waals surface area contributed by atoms with E-state index in [1.807, 2.05) is 6.92 Å².